The Bertz CT molecular complexity index is 230. The van der Waals surface area contributed by atoms with Gasteiger partial charge in [0.1, 0.15) is 0 Å². The third-order valence-electron chi connectivity index (χ3n) is 3.09. The van der Waals surface area contributed by atoms with Crippen molar-refractivity contribution in [3.63, 3.8) is 0 Å². The predicted molar refractivity (Wildman–Crippen MR) is 49.2 cm³/mol. The zero-order valence-corrected chi connectivity index (χ0v) is 8.28. The van der Waals surface area contributed by atoms with Crippen LogP contribution < -0.4 is 0 Å². The average Bonchev–Trinajstić information content (AvgIpc) is 2.02. The second-order valence-electron chi connectivity index (χ2n) is 4.12. The molecule has 3 nitrogen and oxygen atoms in total. The Morgan fingerprint density at radius 2 is 2.23 bits per heavy atom. The standard InChI is InChI=1S/C10H16O3/c1-10(2)7(4-5-13-3)6-8(10)9(11)12/h4-5,7-8H,6H2,1-3H3,(H,11,12)/b5-4-/t7-,8-/m0/s1. The highest BCUT2D eigenvalue weighted by molar-refractivity contribution is 5.72. The maximum Gasteiger partial charge on any atom is 0.307 e. The number of methoxy groups -OCH3 is 1. The molecule has 74 valence electrons. The third-order valence-corrected chi connectivity index (χ3v) is 3.09. The average molecular weight is 184 g/mol. The van der Waals surface area contributed by atoms with Crippen molar-refractivity contribution >= 4 is 5.97 Å². The minimum Gasteiger partial charge on any atom is -0.505 e. The number of aliphatic carboxylic acids is 1. The van der Waals surface area contributed by atoms with Crippen molar-refractivity contribution in [1.29, 1.82) is 0 Å². The van der Waals surface area contributed by atoms with Crippen LogP contribution in [0.2, 0.25) is 0 Å². The van der Waals surface area contributed by atoms with Crippen LogP contribution in [0.3, 0.4) is 0 Å². The van der Waals surface area contributed by atoms with Gasteiger partial charge in [0.15, 0.2) is 0 Å². The van der Waals surface area contributed by atoms with E-state index >= 15 is 0 Å². The van der Waals surface area contributed by atoms with Crippen LogP contribution in [0, 0.1) is 17.3 Å². The van der Waals surface area contributed by atoms with Crippen molar-refractivity contribution in [2.75, 3.05) is 7.11 Å². The van der Waals surface area contributed by atoms with Crippen molar-refractivity contribution in [2.45, 2.75) is 20.3 Å². The van der Waals surface area contributed by atoms with E-state index in [1.54, 1.807) is 13.4 Å². The smallest absolute Gasteiger partial charge is 0.307 e. The summed E-state index contributed by atoms with van der Waals surface area (Å²) in [5.74, 6) is -0.570. The summed E-state index contributed by atoms with van der Waals surface area (Å²) in [4.78, 5) is 10.8. The lowest BCUT2D eigenvalue weighted by molar-refractivity contribution is -0.156. The Morgan fingerprint density at radius 1 is 1.62 bits per heavy atom. The minimum atomic E-state index is -0.688. The number of hydrogen-bond donors (Lipinski definition) is 1. The van der Waals surface area contributed by atoms with Gasteiger partial charge in [-0.2, -0.15) is 0 Å². The lowest BCUT2D eigenvalue weighted by atomic mass is 9.55. The van der Waals surface area contributed by atoms with Gasteiger partial charge >= 0.3 is 5.97 Å². The summed E-state index contributed by atoms with van der Waals surface area (Å²) in [6.45, 7) is 3.97. The molecule has 1 fully saturated rings. The first kappa shape index (κ1) is 10.1. The molecule has 0 unspecified atom stereocenters. The molecule has 0 aliphatic heterocycles. The topological polar surface area (TPSA) is 46.5 Å². The van der Waals surface area contributed by atoms with E-state index < -0.39 is 5.97 Å². The summed E-state index contributed by atoms with van der Waals surface area (Å²) < 4.78 is 4.81. The monoisotopic (exact) mass is 184 g/mol. The van der Waals surface area contributed by atoms with Crippen molar-refractivity contribution in [3.05, 3.63) is 12.3 Å². The maximum atomic E-state index is 10.8. The van der Waals surface area contributed by atoms with E-state index in [1.807, 2.05) is 19.9 Å². The van der Waals surface area contributed by atoms with Crippen LogP contribution in [-0.2, 0) is 9.53 Å². The molecule has 1 saturated carbocycles. The minimum absolute atomic E-state index is 0.138. The molecule has 1 aliphatic carbocycles. The lowest BCUT2D eigenvalue weighted by Gasteiger charge is -2.48. The summed E-state index contributed by atoms with van der Waals surface area (Å²) in [6.07, 6.45) is 4.30. The van der Waals surface area contributed by atoms with Gasteiger partial charge in [0.2, 0.25) is 0 Å². The number of carboxylic acid groups (broad SMARTS) is 1. The molecule has 0 heterocycles. The zero-order chi connectivity index (χ0) is 10.1. The summed E-state index contributed by atoms with van der Waals surface area (Å²) >= 11 is 0. The first-order chi connectivity index (χ1) is 6.00. The molecule has 0 aromatic heterocycles. The van der Waals surface area contributed by atoms with Gasteiger partial charge in [0.05, 0.1) is 19.3 Å². The molecule has 0 aromatic carbocycles. The Morgan fingerprint density at radius 3 is 2.62 bits per heavy atom. The van der Waals surface area contributed by atoms with Crippen LogP contribution in [0.15, 0.2) is 12.3 Å². The van der Waals surface area contributed by atoms with Gasteiger partial charge in [-0.3, -0.25) is 4.79 Å². The number of rotatable bonds is 3. The fourth-order valence-corrected chi connectivity index (χ4v) is 1.88. The highest BCUT2D eigenvalue weighted by atomic mass is 16.5. The van der Waals surface area contributed by atoms with E-state index in [-0.39, 0.29) is 11.3 Å². The molecule has 1 rings (SSSR count). The molecule has 2 atom stereocenters. The highest BCUT2D eigenvalue weighted by Gasteiger charge is 2.50. The zero-order valence-electron chi connectivity index (χ0n) is 8.28. The highest BCUT2D eigenvalue weighted by Crippen LogP contribution is 2.51. The Balaban J connectivity index is 2.59. The Hall–Kier alpha value is -0.990. The molecule has 0 saturated heterocycles. The largest absolute Gasteiger partial charge is 0.505 e. The lowest BCUT2D eigenvalue weighted by Crippen LogP contribution is -2.47. The Labute approximate surface area is 78.4 Å². The van der Waals surface area contributed by atoms with Crippen LogP contribution in [0.4, 0.5) is 0 Å². The van der Waals surface area contributed by atoms with Gasteiger partial charge in [-0.1, -0.05) is 13.8 Å². The number of allylic oxidation sites excluding steroid dienone is 1. The van der Waals surface area contributed by atoms with Crippen LogP contribution in [0.5, 0.6) is 0 Å². The second kappa shape index (κ2) is 3.40. The third kappa shape index (κ3) is 1.69. The summed E-state index contributed by atoms with van der Waals surface area (Å²) in [5.41, 5.74) is -0.138. The van der Waals surface area contributed by atoms with Crippen molar-refractivity contribution in [2.24, 2.45) is 17.3 Å². The van der Waals surface area contributed by atoms with E-state index in [4.69, 9.17) is 9.84 Å². The molecular weight excluding hydrogens is 168 g/mol. The van der Waals surface area contributed by atoms with Crippen LogP contribution in [0.1, 0.15) is 20.3 Å². The van der Waals surface area contributed by atoms with Crippen LogP contribution in [0.25, 0.3) is 0 Å². The van der Waals surface area contributed by atoms with Gasteiger partial charge in [-0.25, -0.2) is 0 Å². The van der Waals surface area contributed by atoms with Gasteiger partial charge in [-0.15, -0.1) is 0 Å². The quantitative estimate of drug-likeness (QED) is 0.681. The molecular formula is C10H16O3. The van der Waals surface area contributed by atoms with Gasteiger partial charge in [0, 0.05) is 0 Å². The van der Waals surface area contributed by atoms with Crippen molar-refractivity contribution in [1.82, 2.24) is 0 Å². The van der Waals surface area contributed by atoms with E-state index in [9.17, 15) is 4.79 Å². The SMILES string of the molecule is CO/C=C\[C@H]1C[C@@H](C(=O)O)C1(C)C. The number of hydrogen-bond acceptors (Lipinski definition) is 2. The number of carbonyl (C=O) groups is 1. The van der Waals surface area contributed by atoms with Gasteiger partial charge in [0.25, 0.3) is 0 Å². The first-order valence-corrected chi connectivity index (χ1v) is 4.42. The van der Waals surface area contributed by atoms with Gasteiger partial charge < -0.3 is 9.84 Å². The van der Waals surface area contributed by atoms with Crippen LogP contribution in [-0.4, -0.2) is 18.2 Å². The van der Waals surface area contributed by atoms with Crippen LogP contribution >= 0.6 is 0 Å². The van der Waals surface area contributed by atoms with Crippen molar-refractivity contribution < 1.29 is 14.6 Å². The molecule has 0 bridgehead atoms. The van der Waals surface area contributed by atoms with E-state index in [1.165, 1.54) is 0 Å². The molecule has 1 aliphatic rings. The molecule has 0 amide bonds. The van der Waals surface area contributed by atoms with E-state index in [0.29, 0.717) is 5.92 Å². The molecule has 0 aromatic rings. The van der Waals surface area contributed by atoms with E-state index in [0.717, 1.165) is 6.42 Å². The maximum absolute atomic E-state index is 10.8. The molecule has 1 N–H and O–H groups in total. The molecule has 0 radical (unpaired) electrons. The van der Waals surface area contributed by atoms with Gasteiger partial charge in [-0.05, 0) is 23.8 Å². The first-order valence-electron chi connectivity index (χ1n) is 4.42. The number of carboxylic acids is 1. The summed E-state index contributed by atoms with van der Waals surface area (Å²) in [7, 11) is 1.59. The second-order valence-corrected chi connectivity index (χ2v) is 4.12. The number of ether oxygens (including phenoxy) is 1. The van der Waals surface area contributed by atoms with E-state index in [2.05, 4.69) is 0 Å². The molecule has 3 heteroatoms. The summed E-state index contributed by atoms with van der Waals surface area (Å²) in [6, 6.07) is 0. The fraction of sp³-hybridized carbons (Fsp3) is 0.700. The molecule has 13 heavy (non-hydrogen) atoms. The fourth-order valence-electron chi connectivity index (χ4n) is 1.88. The summed E-state index contributed by atoms with van der Waals surface area (Å²) in [5, 5.41) is 8.86. The van der Waals surface area contributed by atoms with Crippen molar-refractivity contribution in [3.8, 4) is 0 Å². The molecule has 0 spiro atoms. The predicted octanol–water partition coefficient (Wildman–Crippen LogP) is 1.89. The Kier molecular flexibility index (Phi) is 2.64. The normalized spacial score (nSPS) is 31.3.